The SMILES string of the molecule is NNC(=O)CC[C@H]1CN(S(=O)(=O)c2cccc(C(F)(F)F)c2)c2cc(/C=C/c3ncccc3Cl)ccc2O1. The van der Waals surface area contributed by atoms with Gasteiger partial charge in [-0.05, 0) is 60.5 Å². The summed E-state index contributed by atoms with van der Waals surface area (Å²) in [4.78, 5) is 15.3. The fourth-order valence-electron chi connectivity index (χ4n) is 3.83. The van der Waals surface area contributed by atoms with Crippen LogP contribution in [-0.4, -0.2) is 32.0 Å². The van der Waals surface area contributed by atoms with E-state index in [0.717, 1.165) is 22.5 Å². The Morgan fingerprint density at radius 1 is 1.18 bits per heavy atom. The summed E-state index contributed by atoms with van der Waals surface area (Å²) in [5.74, 6) is 4.85. The molecule has 1 aromatic heterocycles. The average Bonchev–Trinajstić information content (AvgIpc) is 2.90. The predicted molar refractivity (Wildman–Crippen MR) is 137 cm³/mol. The van der Waals surface area contributed by atoms with Crippen molar-refractivity contribution in [3.05, 3.63) is 82.6 Å². The normalized spacial score (nSPS) is 15.7. The fraction of sp³-hybridized carbons (Fsp3) is 0.200. The summed E-state index contributed by atoms with van der Waals surface area (Å²) in [5.41, 5.74) is 2.10. The number of aromatic nitrogens is 1. The molecule has 4 rings (SSSR count). The van der Waals surface area contributed by atoms with Gasteiger partial charge in [0, 0.05) is 12.6 Å². The molecule has 1 aliphatic heterocycles. The number of nitrogens with zero attached hydrogens (tertiary/aromatic N) is 2. The summed E-state index contributed by atoms with van der Waals surface area (Å²) in [6.45, 7) is -0.233. The van der Waals surface area contributed by atoms with Crippen LogP contribution in [-0.2, 0) is 21.0 Å². The number of fused-ring (bicyclic) bond motifs is 1. The standard InChI is InChI=1S/C25H22ClF3N4O4S/c26-20-5-2-12-31-21(20)9-6-16-7-10-23-22(13-16)33(15-18(37-23)8-11-24(34)32-30)38(35,36)19-4-1-3-17(14-19)25(27,28)29/h1-7,9-10,12-14,18H,8,11,15,30H2,(H,32,34)/b9-6+/t18-/m0/s1. The molecule has 3 N–H and O–H groups in total. The third-order valence-corrected chi connectivity index (χ3v) is 7.83. The van der Waals surface area contributed by atoms with Crippen LogP contribution >= 0.6 is 11.6 Å². The Bertz CT molecular complexity index is 1480. The summed E-state index contributed by atoms with van der Waals surface area (Å²) in [6.07, 6.45) is -0.516. The summed E-state index contributed by atoms with van der Waals surface area (Å²) in [7, 11) is -4.46. The van der Waals surface area contributed by atoms with Gasteiger partial charge in [-0.1, -0.05) is 29.8 Å². The van der Waals surface area contributed by atoms with Gasteiger partial charge in [-0.15, -0.1) is 0 Å². The van der Waals surface area contributed by atoms with Gasteiger partial charge >= 0.3 is 6.18 Å². The van der Waals surface area contributed by atoms with E-state index in [9.17, 15) is 26.4 Å². The Morgan fingerprint density at radius 3 is 2.68 bits per heavy atom. The highest BCUT2D eigenvalue weighted by atomic mass is 35.5. The second-order valence-corrected chi connectivity index (χ2v) is 10.6. The van der Waals surface area contributed by atoms with Crippen molar-refractivity contribution in [1.29, 1.82) is 0 Å². The average molecular weight is 567 g/mol. The Labute approximate surface area is 221 Å². The first-order chi connectivity index (χ1) is 18.0. The number of nitrogens with two attached hydrogens (primary N) is 1. The molecule has 0 unspecified atom stereocenters. The summed E-state index contributed by atoms with van der Waals surface area (Å²) >= 11 is 6.14. The minimum absolute atomic E-state index is 0.0421. The van der Waals surface area contributed by atoms with Crippen molar-refractivity contribution in [2.75, 3.05) is 10.8 Å². The van der Waals surface area contributed by atoms with Crippen LogP contribution in [0.3, 0.4) is 0 Å². The maximum absolute atomic E-state index is 13.7. The highest BCUT2D eigenvalue weighted by Gasteiger charge is 2.37. The lowest BCUT2D eigenvalue weighted by molar-refractivity contribution is -0.137. The maximum atomic E-state index is 13.7. The van der Waals surface area contributed by atoms with E-state index in [-0.39, 0.29) is 30.8 Å². The van der Waals surface area contributed by atoms with E-state index in [1.807, 2.05) is 5.43 Å². The summed E-state index contributed by atoms with van der Waals surface area (Å²) in [5, 5.41) is 0.420. The summed E-state index contributed by atoms with van der Waals surface area (Å²) < 4.78 is 74.2. The molecule has 1 aliphatic rings. The molecule has 3 aromatic rings. The number of amides is 1. The number of sulfonamides is 1. The highest BCUT2D eigenvalue weighted by Crippen LogP contribution is 2.40. The Hall–Kier alpha value is -3.61. The number of hydrazine groups is 1. The molecule has 38 heavy (non-hydrogen) atoms. The number of hydrogen-bond acceptors (Lipinski definition) is 6. The van der Waals surface area contributed by atoms with Crippen LogP contribution in [0.25, 0.3) is 12.2 Å². The first-order valence-corrected chi connectivity index (χ1v) is 13.1. The molecular weight excluding hydrogens is 545 g/mol. The molecule has 8 nitrogen and oxygen atoms in total. The van der Waals surface area contributed by atoms with E-state index in [2.05, 4.69) is 4.98 Å². The molecular formula is C25H22ClF3N4O4S. The van der Waals surface area contributed by atoms with Crippen molar-refractivity contribution >= 4 is 45.4 Å². The molecule has 1 atom stereocenters. The van der Waals surface area contributed by atoms with Gasteiger partial charge in [0.25, 0.3) is 10.0 Å². The molecule has 0 radical (unpaired) electrons. The molecule has 2 aromatic carbocycles. The van der Waals surface area contributed by atoms with Crippen molar-refractivity contribution in [3.8, 4) is 5.75 Å². The molecule has 1 amide bonds. The maximum Gasteiger partial charge on any atom is 0.416 e. The van der Waals surface area contributed by atoms with E-state index in [1.165, 1.54) is 6.07 Å². The van der Waals surface area contributed by atoms with E-state index in [0.29, 0.717) is 22.3 Å². The lowest BCUT2D eigenvalue weighted by atomic mass is 10.1. The number of nitrogens with one attached hydrogen (secondary N) is 1. The van der Waals surface area contributed by atoms with Crippen molar-refractivity contribution in [2.45, 2.75) is 30.0 Å². The molecule has 200 valence electrons. The van der Waals surface area contributed by atoms with Gasteiger partial charge in [0.1, 0.15) is 11.9 Å². The number of benzene rings is 2. The lowest BCUT2D eigenvalue weighted by Gasteiger charge is -2.35. The Kier molecular flexibility index (Phi) is 7.95. The first-order valence-electron chi connectivity index (χ1n) is 11.3. The first kappa shape index (κ1) is 27.4. The molecule has 13 heteroatoms. The number of hydrogen-bond donors (Lipinski definition) is 2. The van der Waals surface area contributed by atoms with Crippen LogP contribution in [0.1, 0.15) is 29.7 Å². The van der Waals surface area contributed by atoms with Crippen molar-refractivity contribution in [1.82, 2.24) is 10.4 Å². The van der Waals surface area contributed by atoms with Crippen LogP contribution in [0.4, 0.5) is 18.9 Å². The second kappa shape index (κ2) is 11.0. The van der Waals surface area contributed by atoms with Crippen LogP contribution in [0.15, 0.2) is 65.7 Å². The lowest BCUT2D eigenvalue weighted by Crippen LogP contribution is -2.44. The van der Waals surface area contributed by atoms with Crippen LogP contribution in [0.2, 0.25) is 5.02 Å². The van der Waals surface area contributed by atoms with E-state index >= 15 is 0 Å². The third kappa shape index (κ3) is 6.09. The second-order valence-electron chi connectivity index (χ2n) is 8.34. The zero-order valence-corrected chi connectivity index (χ0v) is 21.2. The van der Waals surface area contributed by atoms with Crippen LogP contribution in [0.5, 0.6) is 5.75 Å². The van der Waals surface area contributed by atoms with Gasteiger partial charge in [-0.3, -0.25) is 19.5 Å². The largest absolute Gasteiger partial charge is 0.486 e. The number of rotatable bonds is 7. The number of carbonyl (C=O) groups excluding carboxylic acids is 1. The van der Waals surface area contributed by atoms with Gasteiger partial charge in [0.15, 0.2) is 0 Å². The third-order valence-electron chi connectivity index (χ3n) is 5.74. The molecule has 0 spiro atoms. The predicted octanol–water partition coefficient (Wildman–Crippen LogP) is 4.65. The van der Waals surface area contributed by atoms with E-state index in [4.69, 9.17) is 22.2 Å². The monoisotopic (exact) mass is 566 g/mol. The van der Waals surface area contributed by atoms with Crippen molar-refractivity contribution < 1.29 is 31.1 Å². The number of ether oxygens (including phenoxy) is 1. The molecule has 0 saturated heterocycles. The van der Waals surface area contributed by atoms with Crippen molar-refractivity contribution in [3.63, 3.8) is 0 Å². The van der Waals surface area contributed by atoms with E-state index in [1.54, 1.807) is 42.6 Å². The van der Waals surface area contributed by atoms with Gasteiger partial charge in [-0.2, -0.15) is 13.2 Å². The fourth-order valence-corrected chi connectivity index (χ4v) is 5.56. The van der Waals surface area contributed by atoms with Crippen molar-refractivity contribution in [2.24, 2.45) is 5.84 Å². The van der Waals surface area contributed by atoms with Crippen LogP contribution in [0, 0.1) is 0 Å². The number of anilines is 1. The minimum Gasteiger partial charge on any atom is -0.486 e. The number of pyridine rings is 1. The quantitative estimate of drug-likeness (QED) is 0.244. The Morgan fingerprint density at radius 2 is 1.97 bits per heavy atom. The van der Waals surface area contributed by atoms with Crippen LogP contribution < -0.4 is 20.3 Å². The molecule has 0 fully saturated rings. The highest BCUT2D eigenvalue weighted by molar-refractivity contribution is 7.92. The van der Waals surface area contributed by atoms with E-state index < -0.39 is 38.7 Å². The smallest absolute Gasteiger partial charge is 0.416 e. The number of alkyl halides is 3. The van der Waals surface area contributed by atoms with Gasteiger partial charge in [-0.25, -0.2) is 14.3 Å². The molecule has 0 saturated carbocycles. The Balaban J connectivity index is 1.74. The van der Waals surface area contributed by atoms with Gasteiger partial charge in [0.05, 0.1) is 33.4 Å². The minimum atomic E-state index is -4.72. The zero-order valence-electron chi connectivity index (χ0n) is 19.7. The number of halogens is 4. The zero-order chi connectivity index (χ0) is 27.5. The topological polar surface area (TPSA) is 115 Å². The molecule has 0 bridgehead atoms. The molecule has 0 aliphatic carbocycles. The number of carbonyl (C=O) groups is 1. The van der Waals surface area contributed by atoms with Gasteiger partial charge < -0.3 is 4.74 Å². The molecule has 2 heterocycles. The van der Waals surface area contributed by atoms with Gasteiger partial charge in [0.2, 0.25) is 5.91 Å². The summed E-state index contributed by atoms with van der Waals surface area (Å²) in [6, 6.07) is 11.6.